The van der Waals surface area contributed by atoms with Crippen LogP contribution in [0.3, 0.4) is 0 Å². The number of likely N-dealkylation sites (N-methyl/N-ethyl adjacent to an activating group) is 2. The molecular formula is C17H25ClN4O. The van der Waals surface area contributed by atoms with Gasteiger partial charge in [-0.05, 0) is 18.5 Å². The normalized spacial score (nSPS) is 13.0. The van der Waals surface area contributed by atoms with Crippen LogP contribution in [-0.4, -0.2) is 41.2 Å². The molecule has 6 heteroatoms. The number of benzene rings is 1. The Bertz CT molecular complexity index is 614. The minimum Gasteiger partial charge on any atom is -0.344 e. The van der Waals surface area contributed by atoms with Crippen LogP contribution in [0.4, 0.5) is 0 Å². The van der Waals surface area contributed by atoms with E-state index in [1.165, 1.54) is 5.56 Å². The number of halogens is 1. The Morgan fingerprint density at radius 1 is 1.30 bits per heavy atom. The maximum atomic E-state index is 12.7. The quantitative estimate of drug-likeness (QED) is 0.881. The molecule has 0 aliphatic carbocycles. The first-order chi connectivity index (χ1) is 10.5. The number of carbonyl (C=O) groups excluding carboxylic acids is 1. The highest BCUT2D eigenvalue weighted by molar-refractivity contribution is 5.85. The van der Waals surface area contributed by atoms with Gasteiger partial charge in [0.1, 0.15) is 6.04 Å². The van der Waals surface area contributed by atoms with Gasteiger partial charge in [-0.1, -0.05) is 37.3 Å². The van der Waals surface area contributed by atoms with Gasteiger partial charge in [0.05, 0.1) is 6.20 Å². The molecule has 0 fully saturated rings. The van der Waals surface area contributed by atoms with E-state index < -0.39 is 0 Å². The van der Waals surface area contributed by atoms with Crippen molar-refractivity contribution in [2.45, 2.75) is 18.9 Å². The Balaban J connectivity index is 0.00000264. The summed E-state index contributed by atoms with van der Waals surface area (Å²) in [6, 6.07) is 9.89. The van der Waals surface area contributed by atoms with Crippen molar-refractivity contribution >= 4 is 18.3 Å². The number of hydrogen-bond acceptors (Lipinski definition) is 3. The first kappa shape index (κ1) is 19.2. The lowest BCUT2D eigenvalue weighted by atomic mass is 10.0. The van der Waals surface area contributed by atoms with E-state index in [2.05, 4.69) is 29.5 Å². The molecule has 0 saturated heterocycles. The van der Waals surface area contributed by atoms with Gasteiger partial charge in [-0.25, -0.2) is 0 Å². The molecule has 1 N–H and O–H groups in total. The fraction of sp³-hybridized carbons (Fsp3) is 0.412. The molecule has 5 nitrogen and oxygen atoms in total. The highest BCUT2D eigenvalue weighted by Crippen LogP contribution is 2.19. The molecule has 2 atom stereocenters. The van der Waals surface area contributed by atoms with E-state index in [0.29, 0.717) is 12.5 Å². The van der Waals surface area contributed by atoms with E-state index in [9.17, 15) is 4.79 Å². The average Bonchev–Trinajstić information content (AvgIpc) is 2.95. The van der Waals surface area contributed by atoms with Crippen LogP contribution in [-0.2, 0) is 11.8 Å². The first-order valence-electron chi connectivity index (χ1n) is 7.48. The number of nitrogens with one attached hydrogen (secondary N) is 1. The van der Waals surface area contributed by atoms with Crippen molar-refractivity contribution in [1.29, 1.82) is 0 Å². The molecule has 1 heterocycles. The smallest absolute Gasteiger partial charge is 0.244 e. The highest BCUT2D eigenvalue weighted by atomic mass is 35.5. The Kier molecular flexibility index (Phi) is 7.26. The maximum Gasteiger partial charge on any atom is 0.244 e. The topological polar surface area (TPSA) is 50.2 Å². The van der Waals surface area contributed by atoms with E-state index in [0.717, 1.165) is 5.56 Å². The van der Waals surface area contributed by atoms with Crippen molar-refractivity contribution < 1.29 is 4.79 Å². The number of aryl methyl sites for hydroxylation is 1. The summed E-state index contributed by atoms with van der Waals surface area (Å²) >= 11 is 0. The van der Waals surface area contributed by atoms with Crippen LogP contribution in [0, 0.1) is 0 Å². The van der Waals surface area contributed by atoms with Crippen LogP contribution in [0.5, 0.6) is 0 Å². The third kappa shape index (κ3) is 4.81. The number of rotatable bonds is 6. The summed E-state index contributed by atoms with van der Waals surface area (Å²) in [7, 11) is 5.49. The molecular weight excluding hydrogens is 312 g/mol. The Morgan fingerprint density at radius 3 is 2.48 bits per heavy atom. The van der Waals surface area contributed by atoms with Gasteiger partial charge in [0.15, 0.2) is 0 Å². The molecule has 0 aliphatic heterocycles. The van der Waals surface area contributed by atoms with Crippen molar-refractivity contribution in [2.75, 3.05) is 20.6 Å². The summed E-state index contributed by atoms with van der Waals surface area (Å²) in [5.41, 5.74) is 2.12. The molecule has 0 saturated carbocycles. The fourth-order valence-corrected chi connectivity index (χ4v) is 2.63. The minimum absolute atomic E-state index is 0. The van der Waals surface area contributed by atoms with Crippen molar-refractivity contribution in [2.24, 2.45) is 7.05 Å². The van der Waals surface area contributed by atoms with Crippen molar-refractivity contribution in [3.63, 3.8) is 0 Å². The molecule has 126 valence electrons. The number of hydrogen-bond donors (Lipinski definition) is 1. The average molecular weight is 337 g/mol. The number of amides is 1. The third-order valence-corrected chi connectivity index (χ3v) is 3.89. The van der Waals surface area contributed by atoms with Crippen molar-refractivity contribution in [3.05, 3.63) is 53.9 Å². The predicted octanol–water partition coefficient (Wildman–Crippen LogP) is 2.36. The van der Waals surface area contributed by atoms with Crippen molar-refractivity contribution in [1.82, 2.24) is 20.0 Å². The van der Waals surface area contributed by atoms with Crippen LogP contribution in [0.2, 0.25) is 0 Å². The van der Waals surface area contributed by atoms with Gasteiger partial charge in [0, 0.05) is 32.4 Å². The molecule has 2 unspecified atom stereocenters. The first-order valence-corrected chi connectivity index (χ1v) is 7.48. The molecule has 2 rings (SSSR count). The SMILES string of the molecule is CNC(C(=O)N(C)CC(C)c1ccccc1)c1cnn(C)c1.Cl. The molecule has 0 radical (unpaired) electrons. The van der Waals surface area contributed by atoms with Crippen LogP contribution < -0.4 is 5.32 Å². The molecule has 1 amide bonds. The second-order valence-corrected chi connectivity index (χ2v) is 5.70. The summed E-state index contributed by atoms with van der Waals surface area (Å²) in [4.78, 5) is 14.5. The Labute approximate surface area is 144 Å². The summed E-state index contributed by atoms with van der Waals surface area (Å²) in [6.07, 6.45) is 3.60. The van der Waals surface area contributed by atoms with Gasteiger partial charge < -0.3 is 10.2 Å². The monoisotopic (exact) mass is 336 g/mol. The molecule has 1 aromatic heterocycles. The van der Waals surface area contributed by atoms with Crippen LogP contribution >= 0.6 is 12.4 Å². The summed E-state index contributed by atoms with van der Waals surface area (Å²) in [5, 5.41) is 7.22. The van der Waals surface area contributed by atoms with Gasteiger partial charge in [0.25, 0.3) is 0 Å². The van der Waals surface area contributed by atoms with Gasteiger partial charge in [-0.15, -0.1) is 12.4 Å². The molecule has 23 heavy (non-hydrogen) atoms. The third-order valence-electron chi connectivity index (χ3n) is 3.89. The summed E-state index contributed by atoms with van der Waals surface area (Å²) in [6.45, 7) is 2.82. The summed E-state index contributed by atoms with van der Waals surface area (Å²) < 4.78 is 1.71. The Morgan fingerprint density at radius 2 is 1.96 bits per heavy atom. The fourth-order valence-electron chi connectivity index (χ4n) is 2.63. The van der Waals surface area contributed by atoms with Gasteiger partial charge in [-0.2, -0.15) is 5.10 Å². The molecule has 0 spiro atoms. The van der Waals surface area contributed by atoms with Crippen LogP contribution in [0.25, 0.3) is 0 Å². The highest BCUT2D eigenvalue weighted by Gasteiger charge is 2.24. The predicted molar refractivity (Wildman–Crippen MR) is 94.8 cm³/mol. The number of carbonyl (C=O) groups is 1. The van der Waals surface area contributed by atoms with Crippen molar-refractivity contribution in [3.8, 4) is 0 Å². The van der Waals surface area contributed by atoms with E-state index in [1.54, 1.807) is 22.8 Å². The van der Waals surface area contributed by atoms with E-state index in [-0.39, 0.29) is 24.4 Å². The maximum absolute atomic E-state index is 12.7. The second kappa shape index (κ2) is 8.70. The van der Waals surface area contributed by atoms with Gasteiger partial charge >= 0.3 is 0 Å². The van der Waals surface area contributed by atoms with E-state index in [4.69, 9.17) is 0 Å². The second-order valence-electron chi connectivity index (χ2n) is 5.70. The van der Waals surface area contributed by atoms with Gasteiger partial charge in [-0.3, -0.25) is 9.48 Å². The zero-order valence-corrected chi connectivity index (χ0v) is 14.9. The van der Waals surface area contributed by atoms with E-state index in [1.807, 2.05) is 38.5 Å². The zero-order valence-electron chi connectivity index (χ0n) is 14.1. The van der Waals surface area contributed by atoms with E-state index >= 15 is 0 Å². The molecule has 2 aromatic rings. The molecule has 0 bridgehead atoms. The minimum atomic E-state index is -0.360. The standard InChI is InChI=1S/C17H24N4O.ClH/c1-13(14-8-6-5-7-9-14)11-20(3)17(22)16(18-2)15-10-19-21(4)12-15;/h5-10,12-13,16,18H,11H2,1-4H3;1H. The number of nitrogens with zero attached hydrogens (tertiary/aromatic N) is 3. The lowest BCUT2D eigenvalue weighted by Gasteiger charge is -2.26. The van der Waals surface area contributed by atoms with Crippen LogP contribution in [0.1, 0.15) is 30.0 Å². The lowest BCUT2D eigenvalue weighted by Crippen LogP contribution is -2.39. The van der Waals surface area contributed by atoms with Crippen LogP contribution in [0.15, 0.2) is 42.7 Å². The lowest BCUT2D eigenvalue weighted by molar-refractivity contribution is -0.132. The zero-order chi connectivity index (χ0) is 16.1. The molecule has 1 aromatic carbocycles. The largest absolute Gasteiger partial charge is 0.344 e. The summed E-state index contributed by atoms with van der Waals surface area (Å²) in [5.74, 6) is 0.347. The molecule has 0 aliphatic rings. The van der Waals surface area contributed by atoms with Gasteiger partial charge in [0.2, 0.25) is 5.91 Å². The Hall–Kier alpha value is -1.85. The number of aromatic nitrogens is 2.